The molecular formula is C19H33N3O5. The summed E-state index contributed by atoms with van der Waals surface area (Å²) in [4.78, 5) is 36.8. The lowest BCUT2D eigenvalue weighted by molar-refractivity contribution is -0.166. The first-order valence-electron chi connectivity index (χ1n) is 10.2. The Balaban J connectivity index is 1.53. The molecule has 154 valence electrons. The van der Waals surface area contributed by atoms with Crippen LogP contribution < -0.4 is 10.6 Å². The summed E-state index contributed by atoms with van der Waals surface area (Å²) in [5, 5.41) is 15.0. The normalized spacial score (nSPS) is 23.7. The Bertz CT molecular complexity index is 508. The average Bonchev–Trinajstić information content (AvgIpc) is 2.64. The Hall–Kier alpha value is -1.83. The van der Waals surface area contributed by atoms with Crippen molar-refractivity contribution in [2.24, 2.45) is 0 Å². The van der Waals surface area contributed by atoms with Gasteiger partial charge in [0.05, 0.1) is 12.6 Å². The second kappa shape index (κ2) is 11.1. The molecule has 3 amide bonds. The van der Waals surface area contributed by atoms with Crippen molar-refractivity contribution in [1.82, 2.24) is 15.5 Å². The topological polar surface area (TPSA) is 108 Å². The maximum absolute atomic E-state index is 12.3. The van der Waals surface area contributed by atoms with Gasteiger partial charge in [0.25, 0.3) is 0 Å². The van der Waals surface area contributed by atoms with Gasteiger partial charge in [0.1, 0.15) is 0 Å². The summed E-state index contributed by atoms with van der Waals surface area (Å²) in [5.74, 6) is -1.06. The van der Waals surface area contributed by atoms with Gasteiger partial charge in [0.2, 0.25) is 5.91 Å². The molecule has 27 heavy (non-hydrogen) atoms. The van der Waals surface area contributed by atoms with Crippen LogP contribution in [0.15, 0.2) is 0 Å². The number of amides is 3. The van der Waals surface area contributed by atoms with Crippen LogP contribution in [0.2, 0.25) is 0 Å². The van der Waals surface area contributed by atoms with E-state index >= 15 is 0 Å². The molecule has 3 N–H and O–H groups in total. The summed E-state index contributed by atoms with van der Waals surface area (Å²) in [5.41, 5.74) is 0. The van der Waals surface area contributed by atoms with Crippen LogP contribution in [0.4, 0.5) is 4.79 Å². The van der Waals surface area contributed by atoms with Gasteiger partial charge in [0, 0.05) is 25.6 Å². The van der Waals surface area contributed by atoms with Crippen molar-refractivity contribution in [1.29, 1.82) is 0 Å². The van der Waals surface area contributed by atoms with Crippen LogP contribution in [-0.2, 0) is 14.3 Å². The fourth-order valence-electron chi connectivity index (χ4n) is 3.71. The zero-order chi connectivity index (χ0) is 19.6. The van der Waals surface area contributed by atoms with E-state index in [2.05, 4.69) is 10.6 Å². The minimum absolute atomic E-state index is 0.0283. The SMILES string of the molecule is C[C@@H]1CN(C(=O)CCCCCNC(=O)NC2CCCCC2)CC(C(=O)O)O1. The van der Waals surface area contributed by atoms with Crippen molar-refractivity contribution in [3.63, 3.8) is 0 Å². The second-order valence-electron chi connectivity index (χ2n) is 7.62. The van der Waals surface area contributed by atoms with Crippen molar-refractivity contribution < 1.29 is 24.2 Å². The lowest BCUT2D eigenvalue weighted by atomic mass is 9.96. The summed E-state index contributed by atoms with van der Waals surface area (Å²) < 4.78 is 5.32. The molecule has 0 spiro atoms. The average molecular weight is 383 g/mol. The standard InChI is InChI=1S/C19H33N3O5/c1-14-12-22(13-16(27-14)18(24)25)17(23)10-6-3-7-11-20-19(26)21-15-8-4-2-5-9-15/h14-16H,2-13H2,1H3,(H,24,25)(H2,20,21,26)/t14-,16?/m1/s1. The summed E-state index contributed by atoms with van der Waals surface area (Å²) in [6, 6.07) is 0.210. The molecule has 1 saturated carbocycles. The van der Waals surface area contributed by atoms with Crippen LogP contribution in [0.1, 0.15) is 64.7 Å². The second-order valence-corrected chi connectivity index (χ2v) is 7.62. The zero-order valence-corrected chi connectivity index (χ0v) is 16.2. The molecule has 8 nitrogen and oxygen atoms in total. The van der Waals surface area contributed by atoms with E-state index in [1.807, 2.05) is 0 Å². The molecule has 1 unspecified atom stereocenters. The molecule has 8 heteroatoms. The Kier molecular flexibility index (Phi) is 8.84. The van der Waals surface area contributed by atoms with Crippen LogP contribution in [0.3, 0.4) is 0 Å². The number of ether oxygens (including phenoxy) is 1. The zero-order valence-electron chi connectivity index (χ0n) is 16.2. The van der Waals surface area contributed by atoms with Gasteiger partial charge in [0.15, 0.2) is 6.10 Å². The fraction of sp³-hybridized carbons (Fsp3) is 0.842. The third-order valence-electron chi connectivity index (χ3n) is 5.18. The quantitative estimate of drug-likeness (QED) is 0.555. The van der Waals surface area contributed by atoms with Crippen LogP contribution in [-0.4, -0.2) is 65.8 Å². The number of aliphatic carboxylic acids is 1. The van der Waals surface area contributed by atoms with E-state index in [0.29, 0.717) is 25.6 Å². The van der Waals surface area contributed by atoms with E-state index in [1.165, 1.54) is 19.3 Å². The van der Waals surface area contributed by atoms with Crippen LogP contribution in [0, 0.1) is 0 Å². The molecular weight excluding hydrogens is 350 g/mol. The number of carboxylic acid groups (broad SMARTS) is 1. The van der Waals surface area contributed by atoms with Crippen molar-refractivity contribution in [2.75, 3.05) is 19.6 Å². The molecule has 1 heterocycles. The van der Waals surface area contributed by atoms with Gasteiger partial charge < -0.3 is 25.4 Å². The third kappa shape index (κ3) is 7.74. The third-order valence-corrected chi connectivity index (χ3v) is 5.18. The number of hydrogen-bond donors (Lipinski definition) is 3. The molecule has 1 aliphatic heterocycles. The van der Waals surface area contributed by atoms with E-state index in [1.54, 1.807) is 11.8 Å². The lowest BCUT2D eigenvalue weighted by Crippen LogP contribution is -2.51. The van der Waals surface area contributed by atoms with Gasteiger partial charge in [-0.2, -0.15) is 0 Å². The predicted octanol–water partition coefficient (Wildman–Crippen LogP) is 1.88. The molecule has 1 aliphatic carbocycles. The number of carbonyl (C=O) groups is 3. The smallest absolute Gasteiger partial charge is 0.334 e. The molecule has 2 fully saturated rings. The first-order chi connectivity index (χ1) is 13.0. The lowest BCUT2D eigenvalue weighted by Gasteiger charge is -2.35. The van der Waals surface area contributed by atoms with E-state index in [0.717, 1.165) is 32.1 Å². The van der Waals surface area contributed by atoms with E-state index < -0.39 is 12.1 Å². The first kappa shape index (κ1) is 21.5. The first-order valence-corrected chi connectivity index (χ1v) is 10.2. The van der Waals surface area contributed by atoms with Gasteiger partial charge in [-0.3, -0.25) is 4.79 Å². The number of hydrogen-bond acceptors (Lipinski definition) is 4. The highest BCUT2D eigenvalue weighted by Gasteiger charge is 2.32. The predicted molar refractivity (Wildman–Crippen MR) is 100 cm³/mol. The summed E-state index contributed by atoms with van der Waals surface area (Å²) >= 11 is 0. The number of unbranched alkanes of at least 4 members (excludes halogenated alkanes) is 2. The van der Waals surface area contributed by atoms with Gasteiger partial charge in [-0.15, -0.1) is 0 Å². The van der Waals surface area contributed by atoms with Crippen molar-refractivity contribution in [2.45, 2.75) is 83.0 Å². The Morgan fingerprint density at radius 2 is 1.81 bits per heavy atom. The largest absolute Gasteiger partial charge is 0.479 e. The van der Waals surface area contributed by atoms with Crippen LogP contribution in [0.5, 0.6) is 0 Å². The molecule has 2 aliphatic rings. The maximum atomic E-state index is 12.3. The fourth-order valence-corrected chi connectivity index (χ4v) is 3.71. The summed E-state index contributed by atoms with van der Waals surface area (Å²) in [6.45, 7) is 2.93. The van der Waals surface area contributed by atoms with Crippen molar-refractivity contribution in [3.8, 4) is 0 Å². The number of rotatable bonds is 8. The number of nitrogens with zero attached hydrogens (tertiary/aromatic N) is 1. The monoisotopic (exact) mass is 383 g/mol. The van der Waals surface area contributed by atoms with E-state index in [4.69, 9.17) is 9.84 Å². The highest BCUT2D eigenvalue weighted by Crippen LogP contribution is 2.17. The molecule has 0 aromatic carbocycles. The van der Waals surface area contributed by atoms with Crippen LogP contribution in [0.25, 0.3) is 0 Å². The summed E-state index contributed by atoms with van der Waals surface area (Å²) in [7, 11) is 0. The van der Waals surface area contributed by atoms with E-state index in [-0.39, 0.29) is 24.6 Å². The van der Waals surface area contributed by atoms with Gasteiger partial charge in [-0.05, 0) is 32.6 Å². The number of carbonyl (C=O) groups excluding carboxylic acids is 2. The molecule has 0 radical (unpaired) electrons. The van der Waals surface area contributed by atoms with Crippen LogP contribution >= 0.6 is 0 Å². The molecule has 1 saturated heterocycles. The number of urea groups is 1. The number of morpholine rings is 1. The highest BCUT2D eigenvalue weighted by molar-refractivity contribution is 5.78. The van der Waals surface area contributed by atoms with Gasteiger partial charge >= 0.3 is 12.0 Å². The van der Waals surface area contributed by atoms with E-state index in [9.17, 15) is 14.4 Å². The van der Waals surface area contributed by atoms with Crippen molar-refractivity contribution in [3.05, 3.63) is 0 Å². The Morgan fingerprint density at radius 1 is 1.07 bits per heavy atom. The molecule has 0 aromatic rings. The molecule has 2 atom stereocenters. The minimum atomic E-state index is -1.03. The highest BCUT2D eigenvalue weighted by atomic mass is 16.5. The van der Waals surface area contributed by atoms with Gasteiger partial charge in [-0.25, -0.2) is 9.59 Å². The molecule has 0 aromatic heterocycles. The number of carboxylic acids is 1. The summed E-state index contributed by atoms with van der Waals surface area (Å²) in [6.07, 6.45) is 7.36. The molecule has 0 bridgehead atoms. The number of nitrogens with one attached hydrogen (secondary N) is 2. The minimum Gasteiger partial charge on any atom is -0.479 e. The molecule has 2 rings (SSSR count). The van der Waals surface area contributed by atoms with Crippen molar-refractivity contribution >= 4 is 17.9 Å². The van der Waals surface area contributed by atoms with Gasteiger partial charge in [-0.1, -0.05) is 25.7 Å². The maximum Gasteiger partial charge on any atom is 0.334 e. The Morgan fingerprint density at radius 3 is 2.52 bits per heavy atom. The Labute approximate surface area is 161 Å².